The van der Waals surface area contributed by atoms with E-state index in [0.717, 1.165) is 12.2 Å². The first-order valence-electron chi connectivity index (χ1n) is 8.93. The molecule has 1 heterocycles. The molecule has 1 aromatic heterocycles. The Morgan fingerprint density at radius 3 is 2.48 bits per heavy atom. The van der Waals surface area contributed by atoms with E-state index in [1.165, 1.54) is 33.5 Å². The van der Waals surface area contributed by atoms with Crippen LogP contribution in [0.25, 0.3) is 0 Å². The van der Waals surface area contributed by atoms with Crippen LogP contribution in [-0.2, 0) is 26.0 Å². The van der Waals surface area contributed by atoms with E-state index < -0.39 is 28.5 Å². The number of carbonyl (C=O) groups excluding carboxylic acids is 1. The van der Waals surface area contributed by atoms with E-state index in [0.29, 0.717) is 11.5 Å². The zero-order valence-corrected chi connectivity index (χ0v) is 17.7. The molecule has 2 rings (SSSR count). The van der Waals surface area contributed by atoms with Crippen molar-refractivity contribution in [3.63, 3.8) is 0 Å². The Morgan fingerprint density at radius 2 is 1.90 bits per heavy atom. The summed E-state index contributed by atoms with van der Waals surface area (Å²) in [5.41, 5.74) is 0. The summed E-state index contributed by atoms with van der Waals surface area (Å²) >= 11 is 0. The summed E-state index contributed by atoms with van der Waals surface area (Å²) in [4.78, 5) is 12.2. The molecule has 2 N–H and O–H groups in total. The van der Waals surface area contributed by atoms with Crippen molar-refractivity contribution in [1.29, 1.82) is 0 Å². The number of benzene rings is 1. The number of sulfonamides is 1. The third kappa shape index (κ3) is 5.96. The molecule has 160 valence electrons. The predicted octanol–water partition coefficient (Wildman–Crippen LogP) is 1.64. The van der Waals surface area contributed by atoms with Gasteiger partial charge >= 0.3 is 0 Å². The Labute approximate surface area is 170 Å². The molecule has 0 bridgehead atoms. The molecular formula is C19H26N2O7S. The summed E-state index contributed by atoms with van der Waals surface area (Å²) in [5.74, 6) is 1.27. The van der Waals surface area contributed by atoms with Crippen LogP contribution in [0.15, 0.2) is 39.6 Å². The normalized spacial score (nSPS) is 12.4. The molecule has 29 heavy (non-hydrogen) atoms. The molecule has 1 aromatic carbocycles. The van der Waals surface area contributed by atoms with Gasteiger partial charge < -0.3 is 23.9 Å². The first-order valence-corrected chi connectivity index (χ1v) is 10.4. The van der Waals surface area contributed by atoms with Gasteiger partial charge in [0.1, 0.15) is 34.0 Å². The topological polar surface area (TPSA) is 116 Å². The van der Waals surface area contributed by atoms with Crippen molar-refractivity contribution in [2.24, 2.45) is 0 Å². The lowest BCUT2D eigenvalue weighted by molar-refractivity contribution is -0.121. The minimum absolute atomic E-state index is 0.126. The lowest BCUT2D eigenvalue weighted by Gasteiger charge is -2.16. The van der Waals surface area contributed by atoms with Gasteiger partial charge in [-0.2, -0.15) is 0 Å². The molecule has 0 aliphatic rings. The third-order valence-electron chi connectivity index (χ3n) is 4.13. The number of hydrogen-bond acceptors (Lipinski definition) is 7. The molecule has 0 fully saturated rings. The van der Waals surface area contributed by atoms with Crippen LogP contribution in [0.1, 0.15) is 24.5 Å². The number of amides is 1. The molecule has 0 saturated heterocycles. The number of hydrogen-bond donors (Lipinski definition) is 2. The lowest BCUT2D eigenvalue weighted by atomic mass is 10.2. The van der Waals surface area contributed by atoms with Crippen LogP contribution in [0.5, 0.6) is 11.5 Å². The maximum Gasteiger partial charge on any atom is 0.244 e. The van der Waals surface area contributed by atoms with E-state index in [1.807, 2.05) is 13.0 Å². The number of ether oxygens (including phenoxy) is 3. The van der Waals surface area contributed by atoms with Crippen LogP contribution in [0, 0.1) is 0 Å². The van der Waals surface area contributed by atoms with Crippen LogP contribution in [0.2, 0.25) is 0 Å². The fraction of sp³-hybridized carbons (Fsp3) is 0.421. The molecule has 0 saturated carbocycles. The minimum atomic E-state index is -4.01. The number of furan rings is 1. The summed E-state index contributed by atoms with van der Waals surface area (Å²) < 4.78 is 48.5. The van der Waals surface area contributed by atoms with Crippen molar-refractivity contribution in [2.75, 3.05) is 34.5 Å². The standard InChI is InChI=1S/C19H26N2O7S/c1-5-13-6-8-16(28-13)15(12-25-2)21-19(22)11-20-29(23,24)18-10-14(26-3)7-9-17(18)27-4/h6-10,15,20H,5,11-12H2,1-4H3,(H,21,22). The predicted molar refractivity (Wildman–Crippen MR) is 106 cm³/mol. The van der Waals surface area contributed by atoms with Crippen LogP contribution in [0.4, 0.5) is 0 Å². The van der Waals surface area contributed by atoms with Crippen molar-refractivity contribution >= 4 is 15.9 Å². The summed E-state index contributed by atoms with van der Waals surface area (Å²) in [6, 6.07) is 7.42. The highest BCUT2D eigenvalue weighted by Crippen LogP contribution is 2.27. The highest BCUT2D eigenvalue weighted by atomic mass is 32.2. The van der Waals surface area contributed by atoms with Gasteiger partial charge in [0.05, 0.1) is 27.4 Å². The molecule has 0 spiro atoms. The van der Waals surface area contributed by atoms with Gasteiger partial charge in [0.25, 0.3) is 0 Å². The Kier molecular flexibility index (Phi) is 8.06. The zero-order valence-electron chi connectivity index (χ0n) is 16.9. The zero-order chi connectivity index (χ0) is 21.4. The second-order valence-corrected chi connectivity index (χ2v) is 7.81. The van der Waals surface area contributed by atoms with Gasteiger partial charge in [-0.3, -0.25) is 4.79 Å². The lowest BCUT2D eigenvalue weighted by Crippen LogP contribution is -2.39. The number of aryl methyl sites for hydroxylation is 1. The van der Waals surface area contributed by atoms with Gasteiger partial charge in [0.15, 0.2) is 0 Å². The molecule has 0 radical (unpaired) electrons. The second kappa shape index (κ2) is 10.3. The average molecular weight is 426 g/mol. The van der Waals surface area contributed by atoms with E-state index in [1.54, 1.807) is 12.1 Å². The smallest absolute Gasteiger partial charge is 0.244 e. The number of methoxy groups -OCH3 is 3. The summed E-state index contributed by atoms with van der Waals surface area (Å²) in [6.45, 7) is 1.66. The third-order valence-corrected chi connectivity index (χ3v) is 5.55. The molecule has 2 aromatic rings. The van der Waals surface area contributed by atoms with Crippen molar-refractivity contribution < 1.29 is 31.8 Å². The Balaban J connectivity index is 2.08. The minimum Gasteiger partial charge on any atom is -0.497 e. The molecule has 1 amide bonds. The van der Waals surface area contributed by atoms with Crippen LogP contribution in [-0.4, -0.2) is 48.8 Å². The van der Waals surface area contributed by atoms with Gasteiger partial charge in [-0.15, -0.1) is 0 Å². The SMILES string of the molecule is CCc1ccc(C(COC)NC(=O)CNS(=O)(=O)c2cc(OC)ccc2OC)o1. The van der Waals surface area contributed by atoms with Crippen LogP contribution >= 0.6 is 0 Å². The van der Waals surface area contributed by atoms with Gasteiger partial charge in [-0.25, -0.2) is 13.1 Å². The van der Waals surface area contributed by atoms with E-state index in [9.17, 15) is 13.2 Å². The fourth-order valence-corrected chi connectivity index (χ4v) is 3.78. The molecule has 0 aliphatic heterocycles. The van der Waals surface area contributed by atoms with Gasteiger partial charge in [0, 0.05) is 19.6 Å². The highest BCUT2D eigenvalue weighted by Gasteiger charge is 2.23. The van der Waals surface area contributed by atoms with Crippen molar-refractivity contribution in [3.05, 3.63) is 41.9 Å². The van der Waals surface area contributed by atoms with Gasteiger partial charge in [0.2, 0.25) is 15.9 Å². The van der Waals surface area contributed by atoms with E-state index in [4.69, 9.17) is 18.6 Å². The maximum atomic E-state index is 12.6. The molecule has 0 aliphatic carbocycles. The van der Waals surface area contributed by atoms with E-state index in [2.05, 4.69) is 10.0 Å². The number of nitrogens with one attached hydrogen (secondary N) is 2. The Bertz CT molecular complexity index is 924. The average Bonchev–Trinajstić information content (AvgIpc) is 3.20. The molecule has 10 heteroatoms. The molecular weight excluding hydrogens is 400 g/mol. The monoisotopic (exact) mass is 426 g/mol. The summed E-state index contributed by atoms with van der Waals surface area (Å²) in [6.07, 6.45) is 0.718. The molecule has 1 unspecified atom stereocenters. The maximum absolute atomic E-state index is 12.6. The van der Waals surface area contributed by atoms with E-state index in [-0.39, 0.29) is 17.3 Å². The molecule has 1 atom stereocenters. The van der Waals surface area contributed by atoms with Crippen molar-refractivity contribution in [3.8, 4) is 11.5 Å². The highest BCUT2D eigenvalue weighted by molar-refractivity contribution is 7.89. The first-order chi connectivity index (χ1) is 13.8. The van der Waals surface area contributed by atoms with Crippen molar-refractivity contribution in [1.82, 2.24) is 10.0 Å². The van der Waals surface area contributed by atoms with Gasteiger partial charge in [-0.05, 0) is 24.3 Å². The summed E-state index contributed by atoms with van der Waals surface area (Å²) in [7, 11) is 0.269. The van der Waals surface area contributed by atoms with E-state index >= 15 is 0 Å². The number of carbonyl (C=O) groups is 1. The summed E-state index contributed by atoms with van der Waals surface area (Å²) in [5, 5.41) is 2.71. The largest absolute Gasteiger partial charge is 0.497 e. The second-order valence-electron chi connectivity index (χ2n) is 6.07. The van der Waals surface area contributed by atoms with Crippen LogP contribution < -0.4 is 19.5 Å². The van der Waals surface area contributed by atoms with Gasteiger partial charge in [-0.1, -0.05) is 6.92 Å². The Morgan fingerprint density at radius 1 is 1.14 bits per heavy atom. The first kappa shape index (κ1) is 22.7. The fourth-order valence-electron chi connectivity index (χ4n) is 2.61. The number of rotatable bonds is 11. The van der Waals surface area contributed by atoms with Crippen molar-refractivity contribution in [2.45, 2.75) is 24.3 Å². The quantitative estimate of drug-likeness (QED) is 0.561. The van der Waals surface area contributed by atoms with Crippen LogP contribution in [0.3, 0.4) is 0 Å². The molecule has 9 nitrogen and oxygen atoms in total. The Hall–Kier alpha value is -2.56.